The van der Waals surface area contributed by atoms with Gasteiger partial charge in [0.15, 0.2) is 0 Å². The molecule has 0 saturated heterocycles. The third-order valence-corrected chi connectivity index (χ3v) is 2.08. The summed E-state index contributed by atoms with van der Waals surface area (Å²) in [7, 11) is 0. The molecule has 2 atom stereocenters. The number of hydrogen-bond donors (Lipinski definition) is 3. The van der Waals surface area contributed by atoms with Gasteiger partial charge < -0.3 is 20.9 Å². The topological polar surface area (TPSA) is 84.6 Å². The molecule has 0 rings (SSSR count). The van der Waals surface area contributed by atoms with E-state index < -0.39 is 23.3 Å². The van der Waals surface area contributed by atoms with Gasteiger partial charge in [-0.1, -0.05) is 0 Å². The molecule has 0 aliphatic heterocycles. The molecular weight excluding hydrogens is 196 g/mol. The fourth-order valence-corrected chi connectivity index (χ4v) is 0.817. The highest BCUT2D eigenvalue weighted by Gasteiger charge is 2.29. The van der Waals surface area contributed by atoms with Crippen molar-refractivity contribution in [1.82, 2.24) is 5.32 Å². The first-order valence-electron chi connectivity index (χ1n) is 5.00. The first kappa shape index (κ1) is 14.2. The van der Waals surface area contributed by atoms with Gasteiger partial charge in [-0.25, -0.2) is 4.79 Å². The minimum atomic E-state index is -1.13. The van der Waals surface area contributed by atoms with E-state index in [-0.39, 0.29) is 6.54 Å². The number of nitrogens with one attached hydrogen (secondary N) is 1. The maximum absolute atomic E-state index is 11.3. The number of ether oxygens (including phenoxy) is 1. The molecule has 90 valence electrons. The number of carbonyl (C=O) groups is 1. The van der Waals surface area contributed by atoms with Crippen LogP contribution in [0.1, 0.15) is 34.6 Å². The summed E-state index contributed by atoms with van der Waals surface area (Å²) in [6.07, 6.45) is -0.552. The maximum Gasteiger partial charge on any atom is 0.407 e. The molecule has 0 spiro atoms. The van der Waals surface area contributed by atoms with E-state index >= 15 is 0 Å². The second-order valence-electron chi connectivity index (χ2n) is 4.93. The predicted octanol–water partition coefficient (Wildman–Crippen LogP) is 0.609. The lowest BCUT2D eigenvalue weighted by molar-refractivity contribution is 0.0160. The van der Waals surface area contributed by atoms with E-state index in [1.165, 1.54) is 0 Å². The summed E-state index contributed by atoms with van der Waals surface area (Å²) in [5.74, 6) is 0. The Balaban J connectivity index is 4.20. The average Bonchev–Trinajstić information content (AvgIpc) is 2.00. The van der Waals surface area contributed by atoms with Crippen LogP contribution >= 0.6 is 0 Å². The predicted molar refractivity (Wildman–Crippen MR) is 58.5 cm³/mol. The van der Waals surface area contributed by atoms with Crippen molar-refractivity contribution >= 4 is 6.09 Å². The number of rotatable bonds is 3. The molecule has 5 nitrogen and oxygen atoms in total. The van der Waals surface area contributed by atoms with Crippen molar-refractivity contribution in [3.05, 3.63) is 0 Å². The zero-order valence-electron chi connectivity index (χ0n) is 10.1. The second-order valence-corrected chi connectivity index (χ2v) is 4.93. The van der Waals surface area contributed by atoms with E-state index in [0.717, 1.165) is 0 Å². The normalized spacial score (nSPS) is 17.8. The van der Waals surface area contributed by atoms with Crippen molar-refractivity contribution in [2.45, 2.75) is 51.9 Å². The number of nitrogens with two attached hydrogens (primary N) is 1. The zero-order valence-corrected chi connectivity index (χ0v) is 10.1. The fraction of sp³-hybridized carbons (Fsp3) is 0.900. The number of amides is 1. The third kappa shape index (κ3) is 5.59. The Bertz CT molecular complexity index is 221. The Morgan fingerprint density at radius 3 is 2.27 bits per heavy atom. The summed E-state index contributed by atoms with van der Waals surface area (Å²) in [5.41, 5.74) is 3.70. The summed E-state index contributed by atoms with van der Waals surface area (Å²) in [6.45, 7) is 8.64. The van der Waals surface area contributed by atoms with Gasteiger partial charge in [0.25, 0.3) is 0 Å². The Morgan fingerprint density at radius 2 is 1.93 bits per heavy atom. The summed E-state index contributed by atoms with van der Waals surface area (Å²) >= 11 is 0. The zero-order chi connectivity index (χ0) is 12.3. The molecule has 1 amide bonds. The van der Waals surface area contributed by atoms with Crippen molar-refractivity contribution in [3.63, 3.8) is 0 Å². The highest BCUT2D eigenvalue weighted by Crippen LogP contribution is 2.10. The Hall–Kier alpha value is -0.810. The van der Waals surface area contributed by atoms with Crippen molar-refractivity contribution in [1.29, 1.82) is 0 Å². The van der Waals surface area contributed by atoms with Crippen LogP contribution in [-0.2, 0) is 4.74 Å². The molecule has 0 aromatic carbocycles. The Morgan fingerprint density at radius 1 is 1.47 bits per heavy atom. The molecule has 0 aromatic rings. The van der Waals surface area contributed by atoms with Gasteiger partial charge in [-0.2, -0.15) is 0 Å². The lowest BCUT2D eigenvalue weighted by Crippen LogP contribution is -2.54. The number of alkyl carbamates (subject to hydrolysis) is 1. The van der Waals surface area contributed by atoms with Crippen molar-refractivity contribution in [2.75, 3.05) is 6.54 Å². The minimum Gasteiger partial charge on any atom is -0.444 e. The molecule has 0 aromatic heterocycles. The van der Waals surface area contributed by atoms with Crippen LogP contribution in [-0.4, -0.2) is 35.0 Å². The molecule has 0 bridgehead atoms. The lowest BCUT2D eigenvalue weighted by atomic mass is 9.99. The van der Waals surface area contributed by atoms with E-state index in [1.807, 2.05) is 0 Å². The third-order valence-electron chi connectivity index (χ3n) is 2.08. The lowest BCUT2D eigenvalue weighted by Gasteiger charge is -2.30. The Kier molecular flexibility index (Phi) is 4.55. The largest absolute Gasteiger partial charge is 0.444 e. The standard InChI is InChI=1S/C10H22N2O3/c1-7(10(5,14)6-11)12-8(13)15-9(2,3)4/h7,14H,6,11H2,1-5H3,(H,12,13)/t7-,10-/m1/s1. The van der Waals surface area contributed by atoms with Crippen LogP contribution < -0.4 is 11.1 Å². The summed E-state index contributed by atoms with van der Waals surface area (Å²) in [5, 5.41) is 12.3. The van der Waals surface area contributed by atoms with Gasteiger partial charge in [-0.15, -0.1) is 0 Å². The van der Waals surface area contributed by atoms with Crippen LogP contribution in [0.3, 0.4) is 0 Å². The molecule has 0 aliphatic carbocycles. The highest BCUT2D eigenvalue weighted by atomic mass is 16.6. The van der Waals surface area contributed by atoms with Crippen LogP contribution in [0.15, 0.2) is 0 Å². The van der Waals surface area contributed by atoms with Crippen molar-refractivity contribution in [2.24, 2.45) is 5.73 Å². The number of hydrogen-bond acceptors (Lipinski definition) is 4. The van der Waals surface area contributed by atoms with Crippen molar-refractivity contribution in [3.8, 4) is 0 Å². The van der Waals surface area contributed by atoms with Gasteiger partial charge in [0.05, 0.1) is 11.6 Å². The molecule has 0 radical (unpaired) electrons. The molecule has 5 heteroatoms. The fourth-order valence-electron chi connectivity index (χ4n) is 0.817. The molecule has 0 saturated carbocycles. The summed E-state index contributed by atoms with van der Waals surface area (Å²) in [6, 6.07) is -0.461. The van der Waals surface area contributed by atoms with E-state index in [2.05, 4.69) is 5.32 Å². The van der Waals surface area contributed by atoms with Gasteiger partial charge in [-0.05, 0) is 34.6 Å². The molecule has 4 N–H and O–H groups in total. The van der Waals surface area contributed by atoms with E-state index in [4.69, 9.17) is 10.5 Å². The van der Waals surface area contributed by atoms with Gasteiger partial charge in [0.2, 0.25) is 0 Å². The molecule has 0 aliphatic rings. The van der Waals surface area contributed by atoms with Crippen LogP contribution in [0.4, 0.5) is 4.79 Å². The first-order chi connectivity index (χ1) is 6.58. The minimum absolute atomic E-state index is 0.0734. The smallest absolute Gasteiger partial charge is 0.407 e. The van der Waals surface area contributed by atoms with Crippen LogP contribution in [0, 0.1) is 0 Å². The van der Waals surface area contributed by atoms with E-state index in [9.17, 15) is 9.90 Å². The first-order valence-corrected chi connectivity index (χ1v) is 5.00. The van der Waals surface area contributed by atoms with Crippen LogP contribution in [0.2, 0.25) is 0 Å². The van der Waals surface area contributed by atoms with Crippen LogP contribution in [0.25, 0.3) is 0 Å². The molecule has 0 unspecified atom stereocenters. The number of aliphatic hydroxyl groups is 1. The van der Waals surface area contributed by atoms with Crippen LogP contribution in [0.5, 0.6) is 0 Å². The molecule has 0 fully saturated rings. The SMILES string of the molecule is C[C@@H](NC(=O)OC(C)(C)C)[C@](C)(O)CN. The summed E-state index contributed by atoms with van der Waals surface area (Å²) < 4.78 is 5.05. The average molecular weight is 218 g/mol. The second kappa shape index (κ2) is 4.81. The quantitative estimate of drug-likeness (QED) is 0.648. The highest BCUT2D eigenvalue weighted by molar-refractivity contribution is 5.68. The van der Waals surface area contributed by atoms with E-state index in [0.29, 0.717) is 0 Å². The van der Waals surface area contributed by atoms with E-state index in [1.54, 1.807) is 34.6 Å². The van der Waals surface area contributed by atoms with Gasteiger partial charge in [0.1, 0.15) is 5.60 Å². The van der Waals surface area contributed by atoms with Gasteiger partial charge >= 0.3 is 6.09 Å². The maximum atomic E-state index is 11.3. The number of carbonyl (C=O) groups excluding carboxylic acids is 1. The van der Waals surface area contributed by atoms with Crippen molar-refractivity contribution < 1.29 is 14.6 Å². The Labute approximate surface area is 91.0 Å². The monoisotopic (exact) mass is 218 g/mol. The summed E-state index contributed by atoms with van der Waals surface area (Å²) in [4.78, 5) is 11.3. The molecule has 0 heterocycles. The molecular formula is C10H22N2O3. The molecule has 15 heavy (non-hydrogen) atoms. The van der Waals surface area contributed by atoms with Gasteiger partial charge in [-0.3, -0.25) is 0 Å². The van der Waals surface area contributed by atoms with Gasteiger partial charge in [0, 0.05) is 6.54 Å².